The minimum Gasteiger partial charge on any atom is -0.379 e. The lowest BCUT2D eigenvalue weighted by Crippen LogP contribution is -2.54. The van der Waals surface area contributed by atoms with Crippen LogP contribution >= 0.6 is 0 Å². The quantitative estimate of drug-likeness (QED) is 0.0885. The van der Waals surface area contributed by atoms with Crippen molar-refractivity contribution in [2.24, 2.45) is 0 Å². The van der Waals surface area contributed by atoms with Gasteiger partial charge in [-0.05, 0) is 18.6 Å². The Balaban J connectivity index is 1.16. The van der Waals surface area contributed by atoms with Crippen LogP contribution in [0.5, 0.6) is 0 Å². The molecule has 1 aromatic carbocycles. The zero-order valence-corrected chi connectivity index (χ0v) is 25.8. The predicted molar refractivity (Wildman–Crippen MR) is 161 cm³/mol. The van der Waals surface area contributed by atoms with Gasteiger partial charge in [0.05, 0.1) is 109 Å². The van der Waals surface area contributed by atoms with Crippen molar-refractivity contribution >= 4 is 35.2 Å². The van der Waals surface area contributed by atoms with E-state index >= 15 is 0 Å². The first-order valence-electron chi connectivity index (χ1n) is 15.1. The Hall–Kier alpha value is -3.75. The molecule has 1 atom stereocenters. The van der Waals surface area contributed by atoms with Crippen LogP contribution in [0.4, 0.5) is 5.69 Å². The van der Waals surface area contributed by atoms with Crippen molar-refractivity contribution in [2.75, 3.05) is 97.8 Å². The summed E-state index contributed by atoms with van der Waals surface area (Å²) in [6.45, 7) is 5.42. The highest BCUT2D eigenvalue weighted by Crippen LogP contribution is 2.32. The topological polar surface area (TPSA) is 177 Å². The summed E-state index contributed by atoms with van der Waals surface area (Å²) in [5, 5.41) is 4.80. The van der Waals surface area contributed by atoms with Gasteiger partial charge in [-0.25, -0.2) is 0 Å². The van der Waals surface area contributed by atoms with E-state index in [9.17, 15) is 24.0 Å². The average molecular weight is 648 g/mol. The van der Waals surface area contributed by atoms with Crippen molar-refractivity contribution in [3.05, 3.63) is 29.3 Å². The summed E-state index contributed by atoms with van der Waals surface area (Å²) in [6, 6.07) is 3.42. The van der Waals surface area contributed by atoms with Crippen LogP contribution in [-0.2, 0) is 47.5 Å². The lowest BCUT2D eigenvalue weighted by Gasteiger charge is -2.27. The number of nitrogens with zero attached hydrogens (tertiary/aromatic N) is 1. The molecule has 2 N–H and O–H groups in total. The van der Waals surface area contributed by atoms with E-state index in [1.807, 2.05) is 0 Å². The number of rotatable bonds is 24. The Kier molecular flexibility index (Phi) is 16.9. The summed E-state index contributed by atoms with van der Waals surface area (Å²) < 4.78 is 37.5. The van der Waals surface area contributed by atoms with E-state index in [4.69, 9.17) is 39.6 Å². The van der Waals surface area contributed by atoms with Crippen LogP contribution in [0.25, 0.3) is 0 Å². The maximum atomic E-state index is 13.1. The van der Waals surface area contributed by atoms with Gasteiger partial charge in [0.2, 0.25) is 17.7 Å². The third-order valence-electron chi connectivity index (χ3n) is 6.63. The monoisotopic (exact) mass is 647 g/mol. The van der Waals surface area contributed by atoms with Crippen molar-refractivity contribution in [2.45, 2.75) is 25.3 Å². The maximum absolute atomic E-state index is 13.1. The lowest BCUT2D eigenvalue weighted by atomic mass is 10.0. The zero-order chi connectivity index (χ0) is 33.0. The van der Waals surface area contributed by atoms with Crippen LogP contribution in [0, 0.1) is 12.3 Å². The molecule has 252 valence electrons. The van der Waals surface area contributed by atoms with Crippen LogP contribution < -0.4 is 10.6 Å². The van der Waals surface area contributed by atoms with Gasteiger partial charge in [-0.15, -0.1) is 6.42 Å². The van der Waals surface area contributed by atoms with Gasteiger partial charge in [0.25, 0.3) is 11.8 Å². The molecule has 2 aliphatic heterocycles. The highest BCUT2D eigenvalue weighted by atomic mass is 16.6. The van der Waals surface area contributed by atoms with Crippen LogP contribution in [0.2, 0.25) is 0 Å². The molecular formula is C31H41N3O12. The Morgan fingerprint density at radius 1 is 0.783 bits per heavy atom. The molecule has 5 amide bonds. The molecule has 2 aliphatic rings. The molecular weight excluding hydrogens is 606 g/mol. The minimum atomic E-state index is -1.09. The number of imide groups is 2. The summed E-state index contributed by atoms with van der Waals surface area (Å²) in [5.41, 5.74) is 0.262. The number of carbonyl (C=O) groups excluding carboxylic acids is 5. The number of carbonyl (C=O) groups is 5. The normalized spacial score (nSPS) is 16.0. The highest BCUT2D eigenvalue weighted by molar-refractivity contribution is 6.26. The molecule has 15 nitrogen and oxygen atoms in total. The van der Waals surface area contributed by atoms with Crippen LogP contribution in [0.3, 0.4) is 0 Å². The second-order valence-electron chi connectivity index (χ2n) is 9.90. The number of nitrogens with one attached hydrogen (secondary N) is 2. The molecule has 1 fully saturated rings. The molecule has 1 aromatic rings. The number of piperidine rings is 1. The number of fused-ring (bicyclic) bond motifs is 1. The number of amides is 5. The Morgan fingerprint density at radius 2 is 1.30 bits per heavy atom. The fourth-order valence-corrected chi connectivity index (χ4v) is 4.45. The summed E-state index contributed by atoms with van der Waals surface area (Å²) >= 11 is 0. The standard InChI is InChI=1S/C31H41N3O12/c1-2-9-40-11-13-42-15-17-44-19-21-46-22-20-45-18-16-43-14-12-41-10-8-27(36)32-24-5-3-4-23-28(24)31(39)34(30(23)38)25-6-7-26(35)33-29(25)37/h1,3-5,25H,6-22H2,(H,32,36)(H,33,35,37). The summed E-state index contributed by atoms with van der Waals surface area (Å²) in [6.07, 6.45) is 5.14. The smallest absolute Gasteiger partial charge is 0.264 e. The Bertz CT molecular complexity index is 1220. The van der Waals surface area contributed by atoms with Gasteiger partial charge in [-0.3, -0.25) is 34.2 Å². The number of hydrogen-bond acceptors (Lipinski definition) is 12. The first-order chi connectivity index (χ1) is 22.4. The van der Waals surface area contributed by atoms with E-state index in [1.54, 1.807) is 0 Å². The van der Waals surface area contributed by atoms with E-state index in [0.717, 1.165) is 4.90 Å². The predicted octanol–water partition coefficient (Wildman–Crippen LogP) is 0.166. The molecule has 0 saturated carbocycles. The average Bonchev–Trinajstić information content (AvgIpc) is 3.29. The van der Waals surface area contributed by atoms with Crippen LogP contribution in [0.15, 0.2) is 18.2 Å². The van der Waals surface area contributed by atoms with E-state index in [0.29, 0.717) is 72.7 Å². The van der Waals surface area contributed by atoms with Gasteiger partial charge in [0.15, 0.2) is 0 Å². The first kappa shape index (κ1) is 36.7. The molecule has 2 heterocycles. The number of hydrogen-bond donors (Lipinski definition) is 2. The van der Waals surface area contributed by atoms with Crippen LogP contribution in [-0.4, -0.2) is 133 Å². The van der Waals surface area contributed by atoms with Crippen molar-refractivity contribution in [3.8, 4) is 12.3 Å². The third kappa shape index (κ3) is 12.2. The number of ether oxygens (including phenoxy) is 7. The summed E-state index contributed by atoms with van der Waals surface area (Å²) in [4.78, 5) is 63.1. The van der Waals surface area contributed by atoms with Crippen molar-refractivity contribution in [1.82, 2.24) is 10.2 Å². The summed E-state index contributed by atoms with van der Waals surface area (Å²) in [7, 11) is 0. The second kappa shape index (κ2) is 21.1. The molecule has 1 saturated heterocycles. The van der Waals surface area contributed by atoms with E-state index < -0.39 is 35.6 Å². The largest absolute Gasteiger partial charge is 0.379 e. The van der Waals surface area contributed by atoms with Crippen LogP contribution in [0.1, 0.15) is 40.0 Å². The molecule has 15 heteroatoms. The van der Waals surface area contributed by atoms with Crippen molar-refractivity contribution in [3.63, 3.8) is 0 Å². The zero-order valence-electron chi connectivity index (χ0n) is 25.8. The molecule has 1 unspecified atom stereocenters. The van der Waals surface area contributed by atoms with Gasteiger partial charge < -0.3 is 38.5 Å². The van der Waals surface area contributed by atoms with Crippen molar-refractivity contribution < 1.29 is 57.1 Å². The highest BCUT2D eigenvalue weighted by Gasteiger charge is 2.45. The Labute approximate surface area is 267 Å². The lowest BCUT2D eigenvalue weighted by molar-refractivity contribution is -0.136. The van der Waals surface area contributed by atoms with E-state index in [1.165, 1.54) is 18.2 Å². The van der Waals surface area contributed by atoms with Gasteiger partial charge >= 0.3 is 0 Å². The van der Waals surface area contributed by atoms with E-state index in [-0.39, 0.29) is 55.9 Å². The molecule has 0 bridgehead atoms. The van der Waals surface area contributed by atoms with Gasteiger partial charge in [-0.2, -0.15) is 0 Å². The third-order valence-corrected chi connectivity index (χ3v) is 6.63. The molecule has 46 heavy (non-hydrogen) atoms. The fourth-order valence-electron chi connectivity index (χ4n) is 4.45. The first-order valence-corrected chi connectivity index (χ1v) is 15.1. The molecule has 0 aliphatic carbocycles. The van der Waals surface area contributed by atoms with Gasteiger partial charge in [0.1, 0.15) is 12.6 Å². The fraction of sp³-hybridized carbons (Fsp3) is 0.581. The molecule has 0 spiro atoms. The molecule has 0 radical (unpaired) electrons. The van der Waals surface area contributed by atoms with E-state index in [2.05, 4.69) is 16.6 Å². The Morgan fingerprint density at radius 3 is 1.83 bits per heavy atom. The maximum Gasteiger partial charge on any atom is 0.264 e. The SMILES string of the molecule is C#CCOCCOCCOCCOCCOCCOCCOCCC(=O)Nc1cccc2c1C(=O)N(C1CCC(=O)NC1=O)C2=O. The number of anilines is 1. The van der Waals surface area contributed by atoms with Gasteiger partial charge in [0, 0.05) is 6.42 Å². The number of terminal acetylenes is 1. The molecule has 3 rings (SSSR count). The minimum absolute atomic E-state index is 0.00768. The second-order valence-corrected chi connectivity index (χ2v) is 9.90. The summed E-state index contributed by atoms with van der Waals surface area (Å²) in [5.74, 6) is -0.534. The molecule has 0 aromatic heterocycles. The van der Waals surface area contributed by atoms with Crippen molar-refractivity contribution in [1.29, 1.82) is 0 Å². The van der Waals surface area contributed by atoms with Gasteiger partial charge in [-0.1, -0.05) is 12.0 Å². The number of benzene rings is 1.